The average molecular weight is 479 g/mol. The molecule has 5 amide bonds. The lowest BCUT2D eigenvalue weighted by atomic mass is 9.75. The van der Waals surface area contributed by atoms with Gasteiger partial charge < -0.3 is 15.1 Å². The van der Waals surface area contributed by atoms with E-state index in [0.717, 1.165) is 30.2 Å². The zero-order valence-electron chi connectivity index (χ0n) is 18.6. The molecule has 0 aromatic heterocycles. The minimum Gasteiger partial charge on any atom is -0.338 e. The standard InChI is InChI=1S/C23H28ClFN4O4/c1-2-15-5-7-23(8-6-15)21(32)29(22(33)26-23)14-19(30)27-9-11-28(12-10-27)20(31)17-4-3-16(25)13-18(17)24/h3-4,13,15H,2,5-12,14H2,1H3,(H,26,33). The second kappa shape index (κ2) is 9.29. The fourth-order valence-electron chi connectivity index (χ4n) is 4.96. The highest BCUT2D eigenvalue weighted by molar-refractivity contribution is 6.33. The van der Waals surface area contributed by atoms with Gasteiger partial charge in [0.15, 0.2) is 0 Å². The van der Waals surface area contributed by atoms with Gasteiger partial charge in [0, 0.05) is 26.2 Å². The molecular weight excluding hydrogens is 451 g/mol. The summed E-state index contributed by atoms with van der Waals surface area (Å²) in [5, 5.41) is 2.89. The molecule has 1 spiro atoms. The second-order valence-electron chi connectivity index (χ2n) is 9.05. The number of rotatable bonds is 4. The highest BCUT2D eigenvalue weighted by Gasteiger charge is 2.52. The van der Waals surface area contributed by atoms with Crippen molar-refractivity contribution in [1.82, 2.24) is 20.0 Å². The van der Waals surface area contributed by atoms with Gasteiger partial charge in [0.05, 0.1) is 10.6 Å². The smallest absolute Gasteiger partial charge is 0.325 e. The van der Waals surface area contributed by atoms with Gasteiger partial charge in [0.25, 0.3) is 11.8 Å². The summed E-state index contributed by atoms with van der Waals surface area (Å²) in [4.78, 5) is 55.2. The highest BCUT2D eigenvalue weighted by atomic mass is 35.5. The molecule has 1 N–H and O–H groups in total. The first-order chi connectivity index (χ1) is 15.7. The number of hydrogen-bond acceptors (Lipinski definition) is 4. The van der Waals surface area contributed by atoms with Crippen molar-refractivity contribution in [1.29, 1.82) is 0 Å². The molecule has 2 aliphatic heterocycles. The van der Waals surface area contributed by atoms with Crippen molar-refractivity contribution in [3.8, 4) is 0 Å². The number of hydrogen-bond donors (Lipinski definition) is 1. The number of halogens is 2. The number of benzene rings is 1. The largest absolute Gasteiger partial charge is 0.338 e. The molecule has 2 heterocycles. The molecule has 3 fully saturated rings. The van der Waals surface area contributed by atoms with Crippen molar-refractivity contribution in [3.63, 3.8) is 0 Å². The first kappa shape index (κ1) is 23.5. The van der Waals surface area contributed by atoms with Crippen molar-refractivity contribution < 1.29 is 23.6 Å². The summed E-state index contributed by atoms with van der Waals surface area (Å²) >= 11 is 6.00. The molecule has 10 heteroatoms. The summed E-state index contributed by atoms with van der Waals surface area (Å²) in [6.07, 6.45) is 4.04. The molecule has 0 radical (unpaired) electrons. The average Bonchev–Trinajstić information content (AvgIpc) is 3.03. The highest BCUT2D eigenvalue weighted by Crippen LogP contribution is 2.37. The van der Waals surface area contributed by atoms with Crippen molar-refractivity contribution in [2.45, 2.75) is 44.6 Å². The molecule has 1 aliphatic carbocycles. The Morgan fingerprint density at radius 2 is 1.76 bits per heavy atom. The Kier molecular flexibility index (Phi) is 6.61. The van der Waals surface area contributed by atoms with E-state index in [1.807, 2.05) is 0 Å². The third-order valence-electron chi connectivity index (χ3n) is 7.16. The third kappa shape index (κ3) is 4.55. The van der Waals surface area contributed by atoms with Crippen LogP contribution in [0.3, 0.4) is 0 Å². The van der Waals surface area contributed by atoms with Crippen LogP contribution in [-0.2, 0) is 9.59 Å². The number of carbonyl (C=O) groups excluding carboxylic acids is 4. The Morgan fingerprint density at radius 1 is 1.12 bits per heavy atom. The van der Waals surface area contributed by atoms with Crippen molar-refractivity contribution in [3.05, 3.63) is 34.6 Å². The van der Waals surface area contributed by atoms with Crippen LogP contribution >= 0.6 is 11.6 Å². The predicted molar refractivity (Wildman–Crippen MR) is 119 cm³/mol. The second-order valence-corrected chi connectivity index (χ2v) is 9.46. The number of imide groups is 1. The molecule has 2 saturated heterocycles. The van der Waals surface area contributed by atoms with Gasteiger partial charge in [0.2, 0.25) is 5.91 Å². The number of amides is 5. The Bertz CT molecular complexity index is 971. The molecular formula is C23H28ClFN4O4. The monoisotopic (exact) mass is 478 g/mol. The van der Waals surface area contributed by atoms with Gasteiger partial charge in [-0.25, -0.2) is 9.18 Å². The molecule has 8 nitrogen and oxygen atoms in total. The number of urea groups is 1. The zero-order chi connectivity index (χ0) is 23.8. The molecule has 33 heavy (non-hydrogen) atoms. The summed E-state index contributed by atoms with van der Waals surface area (Å²) in [7, 11) is 0. The van der Waals surface area contributed by atoms with E-state index in [-0.39, 0.29) is 61.0 Å². The van der Waals surface area contributed by atoms with Crippen LogP contribution in [0.1, 0.15) is 49.4 Å². The Morgan fingerprint density at radius 3 is 2.36 bits per heavy atom. The van der Waals surface area contributed by atoms with Crippen LogP contribution in [0.5, 0.6) is 0 Å². The van der Waals surface area contributed by atoms with E-state index in [0.29, 0.717) is 18.8 Å². The first-order valence-corrected chi connectivity index (χ1v) is 11.8. The number of carbonyl (C=O) groups is 4. The molecule has 1 aromatic rings. The Hall–Kier alpha value is -2.68. The minimum atomic E-state index is -0.872. The molecule has 0 unspecified atom stereocenters. The predicted octanol–water partition coefficient (Wildman–Crippen LogP) is 2.65. The van der Waals surface area contributed by atoms with E-state index in [4.69, 9.17) is 11.6 Å². The van der Waals surface area contributed by atoms with Crippen LogP contribution in [0, 0.1) is 11.7 Å². The van der Waals surface area contributed by atoms with E-state index >= 15 is 0 Å². The van der Waals surface area contributed by atoms with E-state index in [1.54, 1.807) is 9.80 Å². The first-order valence-electron chi connectivity index (χ1n) is 11.4. The zero-order valence-corrected chi connectivity index (χ0v) is 19.4. The number of piperazine rings is 1. The summed E-state index contributed by atoms with van der Waals surface area (Å²) in [6.45, 7) is 2.93. The minimum absolute atomic E-state index is 0.0407. The van der Waals surface area contributed by atoms with Gasteiger partial charge in [-0.1, -0.05) is 24.9 Å². The Labute approximate surface area is 197 Å². The molecule has 0 bridgehead atoms. The lowest BCUT2D eigenvalue weighted by Crippen LogP contribution is -2.53. The molecule has 4 rings (SSSR count). The SMILES string of the molecule is CCC1CCC2(CC1)NC(=O)N(CC(=O)N1CCN(C(=O)c3ccc(F)cc3Cl)CC1)C2=O. The fraction of sp³-hybridized carbons (Fsp3) is 0.565. The van der Waals surface area contributed by atoms with E-state index in [1.165, 1.54) is 12.1 Å². The maximum atomic E-state index is 13.3. The maximum absolute atomic E-state index is 13.3. The topological polar surface area (TPSA) is 90.0 Å². The van der Waals surface area contributed by atoms with Crippen LogP contribution in [0.15, 0.2) is 18.2 Å². The quantitative estimate of drug-likeness (QED) is 0.674. The molecule has 178 valence electrons. The lowest BCUT2D eigenvalue weighted by Gasteiger charge is -2.36. The lowest BCUT2D eigenvalue weighted by molar-refractivity contribution is -0.140. The fourth-order valence-corrected chi connectivity index (χ4v) is 5.21. The van der Waals surface area contributed by atoms with Crippen molar-refractivity contribution in [2.75, 3.05) is 32.7 Å². The van der Waals surface area contributed by atoms with E-state index < -0.39 is 17.4 Å². The third-order valence-corrected chi connectivity index (χ3v) is 7.47. The molecule has 1 saturated carbocycles. The molecule has 3 aliphatic rings. The number of nitrogens with zero attached hydrogens (tertiary/aromatic N) is 3. The van der Waals surface area contributed by atoms with E-state index in [2.05, 4.69) is 12.2 Å². The van der Waals surface area contributed by atoms with Crippen LogP contribution in [0.25, 0.3) is 0 Å². The summed E-state index contributed by atoms with van der Waals surface area (Å²) in [6, 6.07) is 3.11. The van der Waals surface area contributed by atoms with Gasteiger partial charge >= 0.3 is 6.03 Å². The van der Waals surface area contributed by atoms with Gasteiger partial charge in [-0.15, -0.1) is 0 Å². The summed E-state index contributed by atoms with van der Waals surface area (Å²) in [5.74, 6) is -0.918. The molecule has 1 aromatic carbocycles. The van der Waals surface area contributed by atoms with Gasteiger partial charge in [-0.2, -0.15) is 0 Å². The van der Waals surface area contributed by atoms with Gasteiger partial charge in [0.1, 0.15) is 17.9 Å². The van der Waals surface area contributed by atoms with Crippen LogP contribution < -0.4 is 5.32 Å². The van der Waals surface area contributed by atoms with Crippen molar-refractivity contribution >= 4 is 35.4 Å². The van der Waals surface area contributed by atoms with Gasteiger partial charge in [-0.05, 0) is 49.8 Å². The van der Waals surface area contributed by atoms with Crippen LogP contribution in [-0.4, -0.2) is 76.7 Å². The van der Waals surface area contributed by atoms with Crippen molar-refractivity contribution in [2.24, 2.45) is 5.92 Å². The van der Waals surface area contributed by atoms with Crippen LogP contribution in [0.2, 0.25) is 5.02 Å². The van der Waals surface area contributed by atoms with E-state index in [9.17, 15) is 23.6 Å². The maximum Gasteiger partial charge on any atom is 0.325 e. The Balaban J connectivity index is 1.32. The van der Waals surface area contributed by atoms with Crippen LogP contribution in [0.4, 0.5) is 9.18 Å². The molecule has 0 atom stereocenters. The summed E-state index contributed by atoms with van der Waals surface area (Å²) < 4.78 is 13.3. The normalized spacial score (nSPS) is 25.5. The number of nitrogens with one attached hydrogen (secondary N) is 1. The summed E-state index contributed by atoms with van der Waals surface area (Å²) in [5.41, 5.74) is -0.664. The van der Waals surface area contributed by atoms with Gasteiger partial charge in [-0.3, -0.25) is 19.3 Å².